The van der Waals surface area contributed by atoms with Gasteiger partial charge >= 0.3 is 0 Å². The van der Waals surface area contributed by atoms with E-state index in [4.69, 9.17) is 16.3 Å². The van der Waals surface area contributed by atoms with Crippen molar-refractivity contribution in [1.82, 2.24) is 4.98 Å². The van der Waals surface area contributed by atoms with E-state index in [9.17, 15) is 4.79 Å². The first-order valence-corrected chi connectivity index (χ1v) is 7.72. The van der Waals surface area contributed by atoms with E-state index < -0.39 is 0 Å². The maximum absolute atomic E-state index is 11.6. The zero-order chi connectivity index (χ0) is 14.5. The third-order valence-corrected chi connectivity index (χ3v) is 3.95. The molecule has 3 nitrogen and oxygen atoms in total. The molecule has 0 aliphatic carbocycles. The van der Waals surface area contributed by atoms with Crippen LogP contribution >= 0.6 is 22.9 Å². The van der Waals surface area contributed by atoms with Crippen LogP contribution in [0.1, 0.15) is 41.3 Å². The van der Waals surface area contributed by atoms with Gasteiger partial charge in [0.15, 0.2) is 5.78 Å². The summed E-state index contributed by atoms with van der Waals surface area (Å²) < 4.78 is 5.70. The van der Waals surface area contributed by atoms with E-state index in [-0.39, 0.29) is 5.78 Å². The topological polar surface area (TPSA) is 39.2 Å². The normalized spacial score (nSPS) is 10.6. The molecular weight excluding hydrogens is 294 g/mol. The molecule has 2 aromatic rings. The number of ether oxygens (including phenoxy) is 1. The molecule has 0 atom stereocenters. The summed E-state index contributed by atoms with van der Waals surface area (Å²) in [6.07, 6.45) is 2.07. The van der Waals surface area contributed by atoms with Crippen LogP contribution in [0.15, 0.2) is 23.6 Å². The van der Waals surface area contributed by atoms with Crippen LogP contribution in [0.25, 0.3) is 0 Å². The van der Waals surface area contributed by atoms with Gasteiger partial charge < -0.3 is 4.74 Å². The van der Waals surface area contributed by atoms with E-state index in [1.54, 1.807) is 29.5 Å². The van der Waals surface area contributed by atoms with Gasteiger partial charge in [-0.25, -0.2) is 4.98 Å². The minimum Gasteiger partial charge on any atom is -0.487 e. The predicted molar refractivity (Wildman–Crippen MR) is 81.9 cm³/mol. The van der Waals surface area contributed by atoms with Crippen molar-refractivity contribution in [2.75, 3.05) is 0 Å². The summed E-state index contributed by atoms with van der Waals surface area (Å²) in [7, 11) is 0. The number of ketones is 1. The Bertz CT molecular complexity index is 610. The number of rotatable bonds is 6. The molecule has 1 heterocycles. The summed E-state index contributed by atoms with van der Waals surface area (Å²) in [6.45, 7) is 3.99. The molecule has 0 radical (unpaired) electrons. The molecule has 0 amide bonds. The van der Waals surface area contributed by atoms with Crippen LogP contribution in [-0.2, 0) is 13.0 Å². The highest BCUT2D eigenvalue weighted by Crippen LogP contribution is 2.24. The molecule has 1 aromatic carbocycles. The summed E-state index contributed by atoms with van der Waals surface area (Å²) in [6, 6.07) is 5.06. The molecule has 5 heteroatoms. The lowest BCUT2D eigenvalue weighted by molar-refractivity contribution is 0.101. The van der Waals surface area contributed by atoms with E-state index >= 15 is 0 Å². The Kier molecular flexibility index (Phi) is 5.15. The first-order chi connectivity index (χ1) is 9.60. The summed E-state index contributed by atoms with van der Waals surface area (Å²) in [4.78, 5) is 16.1. The van der Waals surface area contributed by atoms with Crippen LogP contribution in [0.3, 0.4) is 0 Å². The summed E-state index contributed by atoms with van der Waals surface area (Å²) in [5.74, 6) is 0.486. The average molecular weight is 310 g/mol. The van der Waals surface area contributed by atoms with E-state index in [1.807, 2.05) is 5.38 Å². The molecular formula is C15H16ClNO2S. The molecule has 1 aromatic heterocycles. The third kappa shape index (κ3) is 3.81. The SMILES string of the molecule is CCCc1nc(COc2ccc(Cl)cc2C(C)=O)cs1. The van der Waals surface area contributed by atoms with Gasteiger partial charge in [-0.15, -0.1) is 11.3 Å². The molecule has 0 bridgehead atoms. The molecule has 0 saturated carbocycles. The second-order valence-corrected chi connectivity index (χ2v) is 5.85. The Morgan fingerprint density at radius 3 is 2.95 bits per heavy atom. The zero-order valence-corrected chi connectivity index (χ0v) is 13.1. The van der Waals surface area contributed by atoms with Crippen molar-refractivity contribution in [3.05, 3.63) is 44.9 Å². The molecule has 0 unspecified atom stereocenters. The van der Waals surface area contributed by atoms with E-state index in [1.165, 1.54) is 6.92 Å². The Morgan fingerprint density at radius 2 is 2.25 bits per heavy atom. The fourth-order valence-corrected chi connectivity index (χ4v) is 2.86. The highest BCUT2D eigenvalue weighted by molar-refractivity contribution is 7.09. The maximum Gasteiger partial charge on any atom is 0.163 e. The molecule has 0 spiro atoms. The third-order valence-electron chi connectivity index (χ3n) is 2.76. The molecule has 2 rings (SSSR count). The number of halogens is 1. The first kappa shape index (κ1) is 15.0. The van der Waals surface area contributed by atoms with E-state index in [0.29, 0.717) is 22.9 Å². The fraction of sp³-hybridized carbons (Fsp3) is 0.333. The Balaban J connectivity index is 2.08. The Hall–Kier alpha value is -1.39. The van der Waals surface area contributed by atoms with Crippen molar-refractivity contribution in [1.29, 1.82) is 0 Å². The van der Waals surface area contributed by atoms with Gasteiger partial charge in [0.25, 0.3) is 0 Å². The minimum atomic E-state index is -0.0625. The first-order valence-electron chi connectivity index (χ1n) is 6.46. The van der Waals surface area contributed by atoms with Crippen LogP contribution < -0.4 is 4.74 Å². The lowest BCUT2D eigenvalue weighted by Gasteiger charge is -2.08. The minimum absolute atomic E-state index is 0.0625. The maximum atomic E-state index is 11.6. The fourth-order valence-electron chi connectivity index (χ4n) is 1.80. The smallest absolute Gasteiger partial charge is 0.163 e. The lowest BCUT2D eigenvalue weighted by atomic mass is 10.1. The van der Waals surface area contributed by atoms with Gasteiger partial charge in [0, 0.05) is 10.4 Å². The second-order valence-electron chi connectivity index (χ2n) is 4.47. The average Bonchev–Trinajstić information content (AvgIpc) is 2.85. The standard InChI is InChI=1S/C15H16ClNO2S/c1-3-4-15-17-12(9-20-15)8-19-14-6-5-11(16)7-13(14)10(2)18/h5-7,9H,3-4,8H2,1-2H3. The highest BCUT2D eigenvalue weighted by Gasteiger charge is 2.10. The number of carbonyl (C=O) groups excluding carboxylic acids is 1. The van der Waals surface area contributed by atoms with Crippen LogP contribution in [0, 0.1) is 0 Å². The van der Waals surface area contributed by atoms with Crippen molar-refractivity contribution in [3.8, 4) is 5.75 Å². The molecule has 0 aliphatic heterocycles. The number of Topliss-reactive ketones (excluding diaryl/α,β-unsaturated/α-hetero) is 1. The summed E-state index contributed by atoms with van der Waals surface area (Å²) >= 11 is 7.54. The predicted octanol–water partition coefficient (Wildman–Crippen LogP) is 4.53. The molecule has 0 N–H and O–H groups in total. The van der Waals surface area contributed by atoms with Gasteiger partial charge in [-0.05, 0) is 38.0 Å². The number of nitrogens with zero attached hydrogens (tertiary/aromatic N) is 1. The molecule has 0 saturated heterocycles. The number of benzene rings is 1. The molecule has 106 valence electrons. The quantitative estimate of drug-likeness (QED) is 0.736. The van der Waals surface area contributed by atoms with Crippen LogP contribution in [0.5, 0.6) is 5.75 Å². The molecule has 20 heavy (non-hydrogen) atoms. The van der Waals surface area contributed by atoms with Gasteiger partial charge in [-0.2, -0.15) is 0 Å². The lowest BCUT2D eigenvalue weighted by Crippen LogP contribution is -2.02. The molecule has 0 fully saturated rings. The van der Waals surface area contributed by atoms with Gasteiger partial charge in [-0.1, -0.05) is 18.5 Å². The summed E-state index contributed by atoms with van der Waals surface area (Å²) in [5.41, 5.74) is 1.39. The monoisotopic (exact) mass is 309 g/mol. The zero-order valence-electron chi connectivity index (χ0n) is 11.5. The van der Waals surface area contributed by atoms with Gasteiger partial charge in [0.1, 0.15) is 12.4 Å². The number of hydrogen-bond acceptors (Lipinski definition) is 4. The largest absolute Gasteiger partial charge is 0.487 e. The number of thiazole rings is 1. The molecule has 0 aliphatic rings. The number of aromatic nitrogens is 1. The van der Waals surface area contributed by atoms with Crippen LogP contribution in [0.4, 0.5) is 0 Å². The van der Waals surface area contributed by atoms with Crippen molar-refractivity contribution in [3.63, 3.8) is 0 Å². The van der Waals surface area contributed by atoms with E-state index in [0.717, 1.165) is 23.5 Å². The Labute approximate surface area is 127 Å². The van der Waals surface area contributed by atoms with Gasteiger partial charge in [0.05, 0.1) is 16.3 Å². The van der Waals surface area contributed by atoms with Crippen LogP contribution in [-0.4, -0.2) is 10.8 Å². The second kappa shape index (κ2) is 6.86. The highest BCUT2D eigenvalue weighted by atomic mass is 35.5. The number of carbonyl (C=O) groups is 1. The van der Waals surface area contributed by atoms with Crippen LogP contribution in [0.2, 0.25) is 5.02 Å². The van der Waals surface area contributed by atoms with Crippen molar-refractivity contribution >= 4 is 28.7 Å². The number of hydrogen-bond donors (Lipinski definition) is 0. The van der Waals surface area contributed by atoms with Gasteiger partial charge in [0.2, 0.25) is 0 Å². The van der Waals surface area contributed by atoms with Crippen molar-refractivity contribution in [2.24, 2.45) is 0 Å². The Morgan fingerprint density at radius 1 is 1.45 bits per heavy atom. The number of aryl methyl sites for hydroxylation is 1. The van der Waals surface area contributed by atoms with Crippen molar-refractivity contribution < 1.29 is 9.53 Å². The van der Waals surface area contributed by atoms with Gasteiger partial charge in [-0.3, -0.25) is 4.79 Å². The summed E-state index contributed by atoms with van der Waals surface area (Å²) in [5, 5.41) is 3.64. The van der Waals surface area contributed by atoms with Crippen molar-refractivity contribution in [2.45, 2.75) is 33.3 Å². The van der Waals surface area contributed by atoms with E-state index in [2.05, 4.69) is 11.9 Å².